The standard InChI is InChI=1S/C16H25N3O2/c1-4-17-15-9-12(8-14(18-15)11(2)3)16(21)19-7-5-6-13(20)10-19/h8-9,11,13,20H,4-7,10H2,1-3H3,(H,17,18). The summed E-state index contributed by atoms with van der Waals surface area (Å²) in [5.74, 6) is 0.990. The first-order valence-corrected chi connectivity index (χ1v) is 7.74. The molecule has 0 aliphatic carbocycles. The molecular weight excluding hydrogens is 266 g/mol. The minimum Gasteiger partial charge on any atom is -0.391 e. The van der Waals surface area contributed by atoms with Gasteiger partial charge >= 0.3 is 0 Å². The first-order valence-electron chi connectivity index (χ1n) is 7.74. The lowest BCUT2D eigenvalue weighted by molar-refractivity contribution is 0.0473. The molecule has 1 fully saturated rings. The molecule has 5 heteroatoms. The molecule has 5 nitrogen and oxygen atoms in total. The minimum absolute atomic E-state index is 0.0165. The van der Waals surface area contributed by atoms with Crippen molar-refractivity contribution in [3.05, 3.63) is 23.4 Å². The highest BCUT2D eigenvalue weighted by atomic mass is 16.3. The molecule has 1 unspecified atom stereocenters. The van der Waals surface area contributed by atoms with Crippen molar-refractivity contribution in [3.63, 3.8) is 0 Å². The Bertz CT molecular complexity index is 502. The Kier molecular flexibility index (Phi) is 5.17. The van der Waals surface area contributed by atoms with Gasteiger partial charge in [0.25, 0.3) is 5.91 Å². The summed E-state index contributed by atoms with van der Waals surface area (Å²) in [7, 11) is 0. The number of carbonyl (C=O) groups excluding carboxylic acids is 1. The second kappa shape index (κ2) is 6.89. The van der Waals surface area contributed by atoms with Crippen LogP contribution in [0.15, 0.2) is 12.1 Å². The van der Waals surface area contributed by atoms with Crippen molar-refractivity contribution >= 4 is 11.7 Å². The third kappa shape index (κ3) is 3.94. The largest absolute Gasteiger partial charge is 0.391 e. The number of piperidine rings is 1. The van der Waals surface area contributed by atoms with E-state index in [0.29, 0.717) is 18.7 Å². The van der Waals surface area contributed by atoms with Gasteiger partial charge in [0, 0.05) is 30.9 Å². The van der Waals surface area contributed by atoms with Crippen LogP contribution in [-0.2, 0) is 0 Å². The molecule has 0 saturated carbocycles. The van der Waals surface area contributed by atoms with Crippen LogP contribution in [0.5, 0.6) is 0 Å². The average Bonchev–Trinajstić information content (AvgIpc) is 2.46. The van der Waals surface area contributed by atoms with Crippen molar-refractivity contribution in [2.45, 2.75) is 45.6 Å². The van der Waals surface area contributed by atoms with Crippen molar-refractivity contribution in [1.82, 2.24) is 9.88 Å². The number of likely N-dealkylation sites (tertiary alicyclic amines) is 1. The van der Waals surface area contributed by atoms with Crippen molar-refractivity contribution in [2.24, 2.45) is 0 Å². The molecule has 1 atom stereocenters. The normalized spacial score (nSPS) is 18.9. The van der Waals surface area contributed by atoms with Crippen LogP contribution in [0.25, 0.3) is 0 Å². The van der Waals surface area contributed by atoms with E-state index in [1.807, 2.05) is 13.0 Å². The zero-order chi connectivity index (χ0) is 15.4. The van der Waals surface area contributed by atoms with Gasteiger partial charge in [0.15, 0.2) is 0 Å². The number of β-amino-alcohol motifs (C(OH)–C–C–N with tert-alkyl or cyclic N) is 1. The van der Waals surface area contributed by atoms with Gasteiger partial charge in [0.05, 0.1) is 6.10 Å². The van der Waals surface area contributed by atoms with E-state index in [2.05, 4.69) is 24.1 Å². The summed E-state index contributed by atoms with van der Waals surface area (Å²) < 4.78 is 0. The number of nitrogens with one attached hydrogen (secondary N) is 1. The molecule has 2 rings (SSSR count). The van der Waals surface area contributed by atoms with Gasteiger partial charge in [0.1, 0.15) is 5.82 Å². The quantitative estimate of drug-likeness (QED) is 0.893. The number of pyridine rings is 1. The molecule has 1 aliphatic heterocycles. The van der Waals surface area contributed by atoms with Gasteiger partial charge in [-0.05, 0) is 37.8 Å². The van der Waals surface area contributed by atoms with Crippen LogP contribution in [0.3, 0.4) is 0 Å². The van der Waals surface area contributed by atoms with Gasteiger partial charge in [-0.15, -0.1) is 0 Å². The van der Waals surface area contributed by atoms with E-state index in [0.717, 1.165) is 30.9 Å². The summed E-state index contributed by atoms with van der Waals surface area (Å²) in [6, 6.07) is 3.67. The molecule has 0 aromatic carbocycles. The number of hydrogen-bond acceptors (Lipinski definition) is 4. The van der Waals surface area contributed by atoms with Crippen LogP contribution in [0, 0.1) is 0 Å². The zero-order valence-electron chi connectivity index (χ0n) is 13.1. The van der Waals surface area contributed by atoms with Gasteiger partial charge in [0.2, 0.25) is 0 Å². The van der Waals surface area contributed by atoms with E-state index in [1.165, 1.54) is 0 Å². The van der Waals surface area contributed by atoms with Crippen molar-refractivity contribution < 1.29 is 9.90 Å². The smallest absolute Gasteiger partial charge is 0.254 e. The van der Waals surface area contributed by atoms with E-state index in [-0.39, 0.29) is 11.8 Å². The van der Waals surface area contributed by atoms with Gasteiger partial charge in [-0.3, -0.25) is 4.79 Å². The molecule has 1 aliphatic rings. The second-order valence-electron chi connectivity index (χ2n) is 5.90. The first-order chi connectivity index (χ1) is 10.0. The Balaban J connectivity index is 2.26. The summed E-state index contributed by atoms with van der Waals surface area (Å²) in [6.45, 7) is 8.05. The monoisotopic (exact) mass is 291 g/mol. The predicted octanol–water partition coefficient (Wildman–Crippen LogP) is 2.23. The van der Waals surface area contributed by atoms with E-state index in [4.69, 9.17) is 0 Å². The van der Waals surface area contributed by atoms with Crippen LogP contribution in [0.4, 0.5) is 5.82 Å². The second-order valence-corrected chi connectivity index (χ2v) is 5.90. The molecule has 1 amide bonds. The third-order valence-corrected chi connectivity index (χ3v) is 3.73. The van der Waals surface area contributed by atoms with Gasteiger partial charge in [-0.2, -0.15) is 0 Å². The number of carbonyl (C=O) groups is 1. The van der Waals surface area contributed by atoms with E-state index in [1.54, 1.807) is 11.0 Å². The Labute approximate surface area is 126 Å². The van der Waals surface area contributed by atoms with Gasteiger partial charge < -0.3 is 15.3 Å². The third-order valence-electron chi connectivity index (χ3n) is 3.73. The summed E-state index contributed by atoms with van der Waals surface area (Å²) in [5.41, 5.74) is 1.56. The molecule has 1 aromatic heterocycles. The zero-order valence-corrected chi connectivity index (χ0v) is 13.1. The fourth-order valence-electron chi connectivity index (χ4n) is 2.56. The summed E-state index contributed by atoms with van der Waals surface area (Å²) in [6.07, 6.45) is 1.23. The van der Waals surface area contributed by atoms with Crippen molar-refractivity contribution in [1.29, 1.82) is 0 Å². The number of aliphatic hydroxyl groups excluding tert-OH is 1. The highest BCUT2D eigenvalue weighted by Crippen LogP contribution is 2.20. The van der Waals surface area contributed by atoms with Crippen LogP contribution >= 0.6 is 0 Å². The van der Waals surface area contributed by atoms with E-state index in [9.17, 15) is 9.90 Å². The first kappa shape index (κ1) is 15.8. The number of hydrogen-bond donors (Lipinski definition) is 2. The number of nitrogens with zero attached hydrogens (tertiary/aromatic N) is 2. The molecule has 0 spiro atoms. The molecule has 1 aromatic rings. The number of aromatic nitrogens is 1. The maximum atomic E-state index is 12.6. The summed E-state index contributed by atoms with van der Waals surface area (Å²) >= 11 is 0. The lowest BCUT2D eigenvalue weighted by atomic mass is 10.0. The van der Waals surface area contributed by atoms with Crippen LogP contribution in [0.2, 0.25) is 0 Å². The lowest BCUT2D eigenvalue weighted by Gasteiger charge is -2.30. The topological polar surface area (TPSA) is 65.5 Å². The predicted molar refractivity (Wildman–Crippen MR) is 83.6 cm³/mol. The maximum absolute atomic E-state index is 12.6. The van der Waals surface area contributed by atoms with E-state index >= 15 is 0 Å². The van der Waals surface area contributed by atoms with Crippen LogP contribution in [-0.4, -0.2) is 46.6 Å². The highest BCUT2D eigenvalue weighted by Gasteiger charge is 2.24. The Morgan fingerprint density at radius 1 is 1.52 bits per heavy atom. The van der Waals surface area contributed by atoms with Crippen LogP contribution < -0.4 is 5.32 Å². The molecule has 2 N–H and O–H groups in total. The minimum atomic E-state index is -0.401. The summed E-state index contributed by atoms with van der Waals surface area (Å²) in [5, 5.41) is 12.9. The summed E-state index contributed by atoms with van der Waals surface area (Å²) in [4.78, 5) is 18.9. The lowest BCUT2D eigenvalue weighted by Crippen LogP contribution is -2.42. The number of anilines is 1. The molecule has 1 saturated heterocycles. The fraction of sp³-hybridized carbons (Fsp3) is 0.625. The molecular formula is C16H25N3O2. The van der Waals surface area contributed by atoms with Crippen LogP contribution in [0.1, 0.15) is 55.6 Å². The molecule has 2 heterocycles. The Morgan fingerprint density at radius 2 is 2.29 bits per heavy atom. The number of aliphatic hydroxyl groups is 1. The average molecular weight is 291 g/mol. The Hall–Kier alpha value is -1.62. The highest BCUT2D eigenvalue weighted by molar-refractivity contribution is 5.95. The SMILES string of the molecule is CCNc1cc(C(=O)N2CCCC(O)C2)cc(C(C)C)n1. The Morgan fingerprint density at radius 3 is 2.90 bits per heavy atom. The van der Waals surface area contributed by atoms with Crippen molar-refractivity contribution in [3.8, 4) is 0 Å². The molecule has 0 radical (unpaired) electrons. The number of amides is 1. The van der Waals surface area contributed by atoms with Gasteiger partial charge in [-0.1, -0.05) is 13.8 Å². The van der Waals surface area contributed by atoms with Gasteiger partial charge in [-0.25, -0.2) is 4.98 Å². The maximum Gasteiger partial charge on any atom is 0.254 e. The van der Waals surface area contributed by atoms with E-state index < -0.39 is 6.10 Å². The number of rotatable bonds is 4. The molecule has 21 heavy (non-hydrogen) atoms. The molecule has 116 valence electrons. The molecule has 0 bridgehead atoms. The fourth-order valence-corrected chi connectivity index (χ4v) is 2.56. The van der Waals surface area contributed by atoms with Crippen molar-refractivity contribution in [2.75, 3.05) is 25.0 Å².